The van der Waals surface area contributed by atoms with E-state index in [4.69, 9.17) is 16.3 Å². The first-order valence-electron chi connectivity index (χ1n) is 14.1. The molecule has 210 valence electrons. The Morgan fingerprint density at radius 1 is 0.949 bits per heavy atom. The van der Waals surface area contributed by atoms with E-state index in [1.165, 1.54) is 5.56 Å². The van der Waals surface area contributed by atoms with E-state index < -0.39 is 10.0 Å². The lowest BCUT2D eigenvalue weighted by Gasteiger charge is -2.43. The van der Waals surface area contributed by atoms with Crippen LogP contribution in [0.2, 0.25) is 5.02 Å². The number of hydrogen-bond acceptors (Lipinski definition) is 6. The molecule has 0 spiro atoms. The van der Waals surface area contributed by atoms with Crippen molar-refractivity contribution in [1.82, 2.24) is 19.0 Å². The fourth-order valence-corrected chi connectivity index (χ4v) is 9.06. The van der Waals surface area contributed by atoms with Crippen molar-refractivity contribution in [2.45, 2.75) is 61.7 Å². The molecule has 39 heavy (non-hydrogen) atoms. The molecule has 1 unspecified atom stereocenters. The van der Waals surface area contributed by atoms with Gasteiger partial charge in [-0.3, -0.25) is 9.80 Å². The molecule has 0 saturated carbocycles. The van der Waals surface area contributed by atoms with E-state index in [9.17, 15) is 13.2 Å². The zero-order valence-electron chi connectivity index (χ0n) is 22.3. The smallest absolute Gasteiger partial charge is 0.409 e. The van der Waals surface area contributed by atoms with Gasteiger partial charge in [-0.1, -0.05) is 41.9 Å². The molecule has 3 atom stereocenters. The summed E-state index contributed by atoms with van der Waals surface area (Å²) < 4.78 is 34.1. The molecule has 0 N–H and O–H groups in total. The number of hydrogen-bond donors (Lipinski definition) is 0. The molecule has 2 aromatic rings. The lowest BCUT2D eigenvalue weighted by Crippen LogP contribution is -2.55. The van der Waals surface area contributed by atoms with Crippen molar-refractivity contribution < 1.29 is 17.9 Å². The van der Waals surface area contributed by atoms with Crippen LogP contribution in [0.1, 0.15) is 49.3 Å². The number of ether oxygens (including phenoxy) is 1. The quantitative estimate of drug-likeness (QED) is 0.530. The van der Waals surface area contributed by atoms with Crippen molar-refractivity contribution >= 4 is 27.7 Å². The number of benzene rings is 2. The van der Waals surface area contributed by atoms with Crippen LogP contribution in [-0.4, -0.2) is 91.5 Å². The van der Waals surface area contributed by atoms with Gasteiger partial charge in [0.2, 0.25) is 10.0 Å². The third-order valence-electron chi connectivity index (χ3n) is 8.79. The predicted molar refractivity (Wildman–Crippen MR) is 150 cm³/mol. The highest BCUT2D eigenvalue weighted by molar-refractivity contribution is 7.89. The van der Waals surface area contributed by atoms with E-state index in [0.29, 0.717) is 35.5 Å². The number of halogens is 1. The molecule has 8 nitrogen and oxygen atoms in total. The third kappa shape index (κ3) is 5.57. The lowest BCUT2D eigenvalue weighted by atomic mass is 9.94. The van der Waals surface area contributed by atoms with Gasteiger partial charge in [0, 0.05) is 56.9 Å². The number of piperazine rings is 1. The maximum atomic E-state index is 13.4. The molecule has 1 amide bonds. The molecule has 4 heterocycles. The number of piperidine rings is 2. The Balaban J connectivity index is 1.02. The summed E-state index contributed by atoms with van der Waals surface area (Å²) in [6, 6.07) is 15.3. The number of likely N-dealkylation sites (tertiary alicyclic amines) is 1. The van der Waals surface area contributed by atoms with Crippen LogP contribution in [-0.2, 0) is 21.3 Å². The van der Waals surface area contributed by atoms with Crippen LogP contribution < -0.4 is 0 Å². The maximum absolute atomic E-state index is 13.4. The van der Waals surface area contributed by atoms with Crippen LogP contribution in [0.4, 0.5) is 4.79 Å². The Morgan fingerprint density at radius 2 is 1.74 bits per heavy atom. The van der Waals surface area contributed by atoms with Crippen molar-refractivity contribution in [1.29, 1.82) is 0 Å². The Labute approximate surface area is 236 Å². The van der Waals surface area contributed by atoms with Crippen LogP contribution >= 0.6 is 11.6 Å². The van der Waals surface area contributed by atoms with Crippen molar-refractivity contribution in [2.75, 3.05) is 45.9 Å². The first-order chi connectivity index (χ1) is 18.9. The van der Waals surface area contributed by atoms with Crippen LogP contribution in [0.3, 0.4) is 0 Å². The Bertz CT molecular complexity index is 1290. The largest absolute Gasteiger partial charge is 0.448 e. The van der Waals surface area contributed by atoms with E-state index in [-0.39, 0.29) is 24.8 Å². The van der Waals surface area contributed by atoms with Crippen molar-refractivity contribution in [3.63, 3.8) is 0 Å². The summed E-state index contributed by atoms with van der Waals surface area (Å²) in [6.07, 6.45) is 4.02. The second-order valence-corrected chi connectivity index (χ2v) is 13.5. The Kier molecular flexibility index (Phi) is 7.88. The number of carbonyl (C=O) groups excluding carboxylic acids is 1. The summed E-state index contributed by atoms with van der Waals surface area (Å²) >= 11 is 6.19. The zero-order chi connectivity index (χ0) is 27.0. The summed E-state index contributed by atoms with van der Waals surface area (Å²) in [5.41, 5.74) is 2.11. The minimum Gasteiger partial charge on any atom is -0.448 e. The number of fused-ring (bicyclic) bond motifs is 3. The molecule has 0 bridgehead atoms. The number of rotatable bonds is 5. The molecule has 0 aromatic heterocycles. The SMILES string of the molecule is O=C(OC[C@H]1CCC[C@H]2c3cc(Cl)ccc3S(=O)(=O)N12)N1CCCC(N2CCN(Cc3ccccc3)CC2)C1. The van der Waals surface area contributed by atoms with Crippen molar-refractivity contribution in [2.24, 2.45) is 0 Å². The van der Waals surface area contributed by atoms with Gasteiger partial charge in [-0.15, -0.1) is 0 Å². The highest BCUT2D eigenvalue weighted by Crippen LogP contribution is 2.47. The van der Waals surface area contributed by atoms with E-state index in [0.717, 1.165) is 64.0 Å². The van der Waals surface area contributed by atoms with E-state index in [2.05, 4.69) is 40.1 Å². The first-order valence-corrected chi connectivity index (χ1v) is 16.0. The van der Waals surface area contributed by atoms with Gasteiger partial charge in [-0.25, -0.2) is 13.2 Å². The summed E-state index contributed by atoms with van der Waals surface area (Å²) in [7, 11) is -3.63. The molecule has 0 aliphatic carbocycles. The van der Waals surface area contributed by atoms with E-state index in [1.807, 2.05) is 4.90 Å². The first kappa shape index (κ1) is 27.0. The molecular formula is C29H37ClN4O4S. The molecular weight excluding hydrogens is 536 g/mol. The van der Waals surface area contributed by atoms with Crippen molar-refractivity contribution in [3.8, 4) is 0 Å². The summed E-state index contributed by atoms with van der Waals surface area (Å²) in [5.74, 6) is 0. The fraction of sp³-hybridized carbons (Fsp3) is 0.552. The Hall–Kier alpha value is -2.17. The number of sulfonamides is 1. The van der Waals surface area contributed by atoms with Gasteiger partial charge in [-0.05, 0) is 61.4 Å². The van der Waals surface area contributed by atoms with E-state index in [1.54, 1.807) is 22.5 Å². The van der Waals surface area contributed by atoms with Crippen LogP contribution in [0.25, 0.3) is 0 Å². The summed E-state index contributed by atoms with van der Waals surface area (Å²) in [4.78, 5) is 20.3. The normalized spacial score (nSPS) is 27.6. The molecule has 4 aliphatic heterocycles. The molecule has 3 saturated heterocycles. The average Bonchev–Trinajstić information content (AvgIpc) is 3.19. The second kappa shape index (κ2) is 11.4. The zero-order valence-corrected chi connectivity index (χ0v) is 23.8. The van der Waals surface area contributed by atoms with Gasteiger partial charge < -0.3 is 9.64 Å². The lowest BCUT2D eigenvalue weighted by molar-refractivity contribution is 0.0302. The summed E-state index contributed by atoms with van der Waals surface area (Å²) in [5, 5.41) is 0.539. The molecule has 0 radical (unpaired) electrons. The fourth-order valence-electron chi connectivity index (χ4n) is 6.80. The van der Waals surface area contributed by atoms with E-state index >= 15 is 0 Å². The molecule has 6 rings (SSSR count). The monoisotopic (exact) mass is 572 g/mol. The summed E-state index contributed by atoms with van der Waals surface area (Å²) in [6.45, 7) is 6.45. The van der Waals surface area contributed by atoms with Gasteiger partial charge in [0.25, 0.3) is 0 Å². The second-order valence-electron chi connectivity index (χ2n) is 11.2. The highest BCUT2D eigenvalue weighted by Gasteiger charge is 2.48. The topological polar surface area (TPSA) is 73.4 Å². The molecule has 3 fully saturated rings. The van der Waals surface area contributed by atoms with Crippen LogP contribution in [0.15, 0.2) is 53.4 Å². The number of carbonyl (C=O) groups is 1. The Morgan fingerprint density at radius 3 is 2.54 bits per heavy atom. The van der Waals surface area contributed by atoms with Gasteiger partial charge in [0.05, 0.1) is 17.0 Å². The average molecular weight is 573 g/mol. The third-order valence-corrected chi connectivity index (χ3v) is 11.1. The van der Waals surface area contributed by atoms with Gasteiger partial charge >= 0.3 is 6.09 Å². The number of amides is 1. The van der Waals surface area contributed by atoms with Gasteiger partial charge in [0.15, 0.2) is 0 Å². The molecule has 4 aliphatic rings. The van der Waals surface area contributed by atoms with Crippen LogP contribution in [0, 0.1) is 0 Å². The number of nitrogens with zero attached hydrogens (tertiary/aromatic N) is 4. The maximum Gasteiger partial charge on any atom is 0.409 e. The van der Waals surface area contributed by atoms with Gasteiger partial charge in [-0.2, -0.15) is 4.31 Å². The standard InChI is InChI=1S/C29H37ClN4O4S/c30-23-11-12-28-26(18-23)27-10-4-8-25(34(27)39(28,36)37)21-38-29(35)33-13-5-9-24(20-33)32-16-14-31(15-17-32)19-22-6-2-1-3-7-22/h1-3,6-7,11-12,18,24-25,27H,4-5,8-10,13-17,19-21H2/t24?,25-,27+/m1/s1. The van der Waals surface area contributed by atoms with Gasteiger partial charge in [0.1, 0.15) is 6.61 Å². The molecule has 10 heteroatoms. The predicted octanol–water partition coefficient (Wildman–Crippen LogP) is 4.36. The molecule has 2 aromatic carbocycles. The van der Waals surface area contributed by atoms with Crippen LogP contribution in [0.5, 0.6) is 0 Å². The minimum absolute atomic E-state index is 0.0790. The van der Waals surface area contributed by atoms with Crippen molar-refractivity contribution in [3.05, 3.63) is 64.7 Å². The highest BCUT2D eigenvalue weighted by atomic mass is 35.5. The minimum atomic E-state index is -3.63.